The molecule has 0 aliphatic carbocycles. The van der Waals surface area contributed by atoms with Gasteiger partial charge in [0, 0.05) is 12.6 Å². The van der Waals surface area contributed by atoms with Gasteiger partial charge in [0.2, 0.25) is 0 Å². The Labute approximate surface area is 119 Å². The number of aromatic nitrogens is 2. The maximum Gasteiger partial charge on any atom is 0.147 e. The number of aryl methyl sites for hydroxylation is 1. The highest BCUT2D eigenvalue weighted by Crippen LogP contribution is 2.35. The predicted octanol–water partition coefficient (Wildman–Crippen LogP) is 3.26. The first-order valence-electron chi connectivity index (χ1n) is 6.48. The summed E-state index contributed by atoms with van der Waals surface area (Å²) in [5.41, 5.74) is 3.27. The SMILES string of the molecule is COc1ccc(C(C)(C)C)cc1-c1ncn(C)c1C#N. The van der Waals surface area contributed by atoms with Crippen LogP contribution in [0.15, 0.2) is 24.5 Å². The van der Waals surface area contributed by atoms with Crippen molar-refractivity contribution in [2.45, 2.75) is 26.2 Å². The van der Waals surface area contributed by atoms with E-state index in [0.29, 0.717) is 11.4 Å². The third kappa shape index (κ3) is 2.39. The quantitative estimate of drug-likeness (QED) is 0.840. The van der Waals surface area contributed by atoms with Crippen molar-refractivity contribution >= 4 is 0 Å². The molecule has 0 amide bonds. The molecule has 1 aromatic carbocycles. The Hall–Kier alpha value is -2.28. The van der Waals surface area contributed by atoms with Gasteiger partial charge in [0.1, 0.15) is 23.2 Å². The number of ether oxygens (including phenoxy) is 1. The maximum absolute atomic E-state index is 9.29. The Morgan fingerprint density at radius 1 is 1.30 bits per heavy atom. The molecule has 0 N–H and O–H groups in total. The summed E-state index contributed by atoms with van der Waals surface area (Å²) in [5.74, 6) is 0.730. The molecule has 0 bridgehead atoms. The smallest absolute Gasteiger partial charge is 0.147 e. The van der Waals surface area contributed by atoms with Crippen molar-refractivity contribution < 1.29 is 4.74 Å². The molecule has 1 heterocycles. The van der Waals surface area contributed by atoms with Gasteiger partial charge in [-0.2, -0.15) is 5.26 Å². The van der Waals surface area contributed by atoms with E-state index in [0.717, 1.165) is 11.3 Å². The van der Waals surface area contributed by atoms with Gasteiger partial charge in [-0.15, -0.1) is 0 Å². The molecule has 0 saturated carbocycles. The van der Waals surface area contributed by atoms with Crippen LogP contribution in [-0.2, 0) is 12.5 Å². The lowest BCUT2D eigenvalue weighted by molar-refractivity contribution is 0.415. The van der Waals surface area contributed by atoms with Gasteiger partial charge in [0.05, 0.1) is 13.4 Å². The zero-order chi connectivity index (χ0) is 14.9. The first-order valence-corrected chi connectivity index (χ1v) is 6.48. The van der Waals surface area contributed by atoms with Gasteiger partial charge in [-0.25, -0.2) is 4.98 Å². The Kier molecular flexibility index (Phi) is 3.54. The zero-order valence-electron chi connectivity index (χ0n) is 12.6. The van der Waals surface area contributed by atoms with Crippen LogP contribution in [0.4, 0.5) is 0 Å². The molecule has 0 spiro atoms. The minimum atomic E-state index is 0.0304. The topological polar surface area (TPSA) is 50.8 Å². The van der Waals surface area contributed by atoms with Gasteiger partial charge in [-0.3, -0.25) is 0 Å². The molecule has 2 rings (SSSR count). The predicted molar refractivity (Wildman–Crippen MR) is 78.6 cm³/mol. The monoisotopic (exact) mass is 269 g/mol. The Bertz CT molecular complexity index is 672. The average Bonchev–Trinajstić information content (AvgIpc) is 2.77. The van der Waals surface area contributed by atoms with Crippen LogP contribution in [0.5, 0.6) is 5.75 Å². The number of hydrogen-bond acceptors (Lipinski definition) is 3. The molecule has 0 saturated heterocycles. The molecule has 4 nitrogen and oxygen atoms in total. The van der Waals surface area contributed by atoms with Crippen LogP contribution in [-0.4, -0.2) is 16.7 Å². The Balaban J connectivity index is 2.68. The standard InChI is InChI=1S/C16H19N3O/c1-16(2,3)11-6-7-14(20-5)12(8-11)15-13(9-17)19(4)10-18-15/h6-8,10H,1-5H3. The molecule has 0 aliphatic heterocycles. The number of nitriles is 1. The lowest BCUT2D eigenvalue weighted by Crippen LogP contribution is -2.11. The number of imidazole rings is 1. The first kappa shape index (κ1) is 14.1. The highest BCUT2D eigenvalue weighted by atomic mass is 16.5. The van der Waals surface area contributed by atoms with Gasteiger partial charge in [0.15, 0.2) is 0 Å². The van der Waals surface area contributed by atoms with Crippen molar-refractivity contribution in [1.82, 2.24) is 9.55 Å². The van der Waals surface area contributed by atoms with Crippen LogP contribution in [0.2, 0.25) is 0 Å². The second kappa shape index (κ2) is 5.01. The van der Waals surface area contributed by atoms with E-state index < -0.39 is 0 Å². The van der Waals surface area contributed by atoms with E-state index in [1.807, 2.05) is 13.1 Å². The van der Waals surface area contributed by atoms with Gasteiger partial charge in [0.25, 0.3) is 0 Å². The van der Waals surface area contributed by atoms with Crippen molar-refractivity contribution in [3.05, 3.63) is 35.8 Å². The van der Waals surface area contributed by atoms with Gasteiger partial charge < -0.3 is 9.30 Å². The van der Waals surface area contributed by atoms with E-state index in [1.54, 1.807) is 18.0 Å². The lowest BCUT2D eigenvalue weighted by atomic mass is 9.85. The van der Waals surface area contributed by atoms with Gasteiger partial charge in [-0.1, -0.05) is 26.8 Å². The number of benzene rings is 1. The summed E-state index contributed by atoms with van der Waals surface area (Å²) < 4.78 is 7.14. The maximum atomic E-state index is 9.29. The van der Waals surface area contributed by atoms with E-state index in [9.17, 15) is 5.26 Å². The van der Waals surface area contributed by atoms with E-state index in [2.05, 4.69) is 44.0 Å². The molecule has 4 heteroatoms. The third-order valence-corrected chi connectivity index (χ3v) is 3.36. The van der Waals surface area contributed by atoms with Crippen molar-refractivity contribution in [1.29, 1.82) is 5.26 Å². The van der Waals surface area contributed by atoms with Crippen molar-refractivity contribution in [3.63, 3.8) is 0 Å². The summed E-state index contributed by atoms with van der Waals surface area (Å²) in [6.07, 6.45) is 1.65. The molecular formula is C16H19N3O. The van der Waals surface area contributed by atoms with E-state index >= 15 is 0 Å². The van der Waals surface area contributed by atoms with E-state index in [4.69, 9.17) is 4.74 Å². The number of hydrogen-bond donors (Lipinski definition) is 0. The largest absolute Gasteiger partial charge is 0.496 e. The Morgan fingerprint density at radius 2 is 2.00 bits per heavy atom. The zero-order valence-corrected chi connectivity index (χ0v) is 12.6. The molecule has 0 aliphatic rings. The third-order valence-electron chi connectivity index (χ3n) is 3.36. The van der Waals surface area contributed by atoms with Crippen LogP contribution in [0, 0.1) is 11.3 Å². The van der Waals surface area contributed by atoms with Gasteiger partial charge in [-0.05, 0) is 23.1 Å². The van der Waals surface area contributed by atoms with Crippen molar-refractivity contribution in [2.75, 3.05) is 7.11 Å². The highest BCUT2D eigenvalue weighted by molar-refractivity contribution is 5.72. The molecule has 0 unspecified atom stereocenters. The summed E-state index contributed by atoms with van der Waals surface area (Å²) in [7, 11) is 3.44. The summed E-state index contributed by atoms with van der Waals surface area (Å²) in [6, 6.07) is 8.24. The first-order chi connectivity index (χ1) is 9.38. The van der Waals surface area contributed by atoms with E-state index in [1.165, 1.54) is 5.56 Å². The fraction of sp³-hybridized carbons (Fsp3) is 0.375. The molecule has 0 atom stereocenters. The summed E-state index contributed by atoms with van der Waals surface area (Å²) in [5, 5.41) is 9.29. The number of nitrogens with zero attached hydrogens (tertiary/aromatic N) is 3. The molecule has 1 aromatic heterocycles. The van der Waals surface area contributed by atoms with Crippen LogP contribution >= 0.6 is 0 Å². The molecule has 104 valence electrons. The highest BCUT2D eigenvalue weighted by Gasteiger charge is 2.20. The second-order valence-electron chi connectivity index (χ2n) is 5.83. The van der Waals surface area contributed by atoms with Gasteiger partial charge >= 0.3 is 0 Å². The van der Waals surface area contributed by atoms with Crippen molar-refractivity contribution in [3.8, 4) is 23.1 Å². The fourth-order valence-corrected chi connectivity index (χ4v) is 2.12. The van der Waals surface area contributed by atoms with Crippen LogP contribution in [0.1, 0.15) is 32.0 Å². The normalized spacial score (nSPS) is 11.2. The minimum absolute atomic E-state index is 0.0304. The lowest BCUT2D eigenvalue weighted by Gasteiger charge is -2.20. The number of rotatable bonds is 2. The van der Waals surface area contributed by atoms with E-state index in [-0.39, 0.29) is 5.41 Å². The molecular weight excluding hydrogens is 250 g/mol. The summed E-state index contributed by atoms with van der Waals surface area (Å²) in [6.45, 7) is 6.46. The molecule has 0 radical (unpaired) electrons. The Morgan fingerprint density at radius 3 is 2.55 bits per heavy atom. The fourth-order valence-electron chi connectivity index (χ4n) is 2.12. The molecule has 20 heavy (non-hydrogen) atoms. The van der Waals surface area contributed by atoms with Crippen LogP contribution < -0.4 is 4.74 Å². The average molecular weight is 269 g/mol. The minimum Gasteiger partial charge on any atom is -0.496 e. The van der Waals surface area contributed by atoms with Crippen molar-refractivity contribution in [2.24, 2.45) is 7.05 Å². The molecule has 0 fully saturated rings. The summed E-state index contributed by atoms with van der Waals surface area (Å²) in [4.78, 5) is 4.35. The van der Waals surface area contributed by atoms with Crippen LogP contribution in [0.25, 0.3) is 11.3 Å². The van der Waals surface area contributed by atoms with Crippen LogP contribution in [0.3, 0.4) is 0 Å². The second-order valence-corrected chi connectivity index (χ2v) is 5.83. The molecule has 2 aromatic rings. The summed E-state index contributed by atoms with van der Waals surface area (Å²) >= 11 is 0. The number of methoxy groups -OCH3 is 1.